The van der Waals surface area contributed by atoms with E-state index in [9.17, 15) is 9.90 Å². The minimum absolute atomic E-state index is 0. The van der Waals surface area contributed by atoms with Crippen LogP contribution in [-0.4, -0.2) is 15.9 Å². The molecule has 0 saturated heterocycles. The molecule has 0 unspecified atom stereocenters. The van der Waals surface area contributed by atoms with Gasteiger partial charge in [-0.15, -0.1) is 40.5 Å². The molecular weight excluding hydrogens is 823 g/mol. The van der Waals surface area contributed by atoms with Crippen molar-refractivity contribution in [3.8, 4) is 11.3 Å². The number of carbonyl (C=O) groups excluding carboxylic acids is 1. The van der Waals surface area contributed by atoms with Gasteiger partial charge in [0, 0.05) is 64.7 Å². The van der Waals surface area contributed by atoms with Gasteiger partial charge in [-0.05, 0) is 77.3 Å². The molecule has 4 aromatic carbocycles. The second kappa shape index (κ2) is 17.4. The number of aliphatic hydroxyl groups excluding tert-OH is 1. The fourth-order valence-electron chi connectivity index (χ4n) is 7.08. The van der Waals surface area contributed by atoms with Crippen molar-refractivity contribution in [2.24, 2.45) is 17.8 Å². The molecule has 5 heteroatoms. The number of fused-ring (bicyclic) bond motifs is 6. The largest absolute Gasteiger partial charge is 0.512 e. The molecule has 0 atom stereocenters. The second-order valence-corrected chi connectivity index (χ2v) is 16.1. The van der Waals surface area contributed by atoms with Crippen LogP contribution < -0.4 is 0 Å². The summed E-state index contributed by atoms with van der Waals surface area (Å²) in [7, 11) is 0. The molecule has 0 aliphatic carbocycles. The van der Waals surface area contributed by atoms with Gasteiger partial charge in [-0.3, -0.25) is 9.78 Å². The Bertz CT molecular complexity index is 2140. The van der Waals surface area contributed by atoms with Gasteiger partial charge < -0.3 is 5.11 Å². The first-order chi connectivity index (χ1) is 23.9. The summed E-state index contributed by atoms with van der Waals surface area (Å²) in [5, 5.41) is 17.4. The van der Waals surface area contributed by atoms with Gasteiger partial charge in [-0.1, -0.05) is 116 Å². The van der Waals surface area contributed by atoms with Gasteiger partial charge in [-0.25, -0.2) is 0 Å². The normalized spacial score (nSPS) is 12.3. The fraction of sp³-hybridized carbons (Fsp3) is 0.391. The molecule has 271 valence electrons. The molecular formula is C46H54IrNO2S-. The monoisotopic (exact) mass is 877 g/mol. The molecule has 0 amide bonds. The van der Waals surface area contributed by atoms with Gasteiger partial charge in [0.1, 0.15) is 0 Å². The summed E-state index contributed by atoms with van der Waals surface area (Å²) in [6.07, 6.45) is 7.97. The molecule has 6 aromatic rings. The van der Waals surface area contributed by atoms with Crippen LogP contribution in [0.4, 0.5) is 0 Å². The van der Waals surface area contributed by atoms with Crippen LogP contribution in [0.2, 0.25) is 0 Å². The topological polar surface area (TPSA) is 50.2 Å². The van der Waals surface area contributed by atoms with Gasteiger partial charge in [-0.2, -0.15) is 0 Å². The number of hydrogen-bond donors (Lipinski definition) is 1. The third kappa shape index (κ3) is 8.99. The Morgan fingerprint density at radius 1 is 0.824 bits per heavy atom. The number of hydrogen-bond acceptors (Lipinski definition) is 4. The zero-order valence-corrected chi connectivity index (χ0v) is 35.0. The number of aromatic nitrogens is 1. The van der Waals surface area contributed by atoms with Crippen LogP contribution in [0.15, 0.2) is 84.8 Å². The Morgan fingerprint density at radius 3 is 2.12 bits per heavy atom. The molecule has 1 N–H and O–H groups in total. The van der Waals surface area contributed by atoms with E-state index in [1.807, 2.05) is 45.2 Å². The smallest absolute Gasteiger partial charge is 0.162 e. The van der Waals surface area contributed by atoms with E-state index in [0.29, 0.717) is 5.92 Å². The van der Waals surface area contributed by atoms with Gasteiger partial charge in [0.05, 0.1) is 5.76 Å². The zero-order valence-electron chi connectivity index (χ0n) is 31.8. The van der Waals surface area contributed by atoms with E-state index in [2.05, 4.69) is 107 Å². The van der Waals surface area contributed by atoms with Gasteiger partial charge in [0.2, 0.25) is 0 Å². The maximum atomic E-state index is 11.7. The Hall–Kier alpha value is -3.37. The maximum absolute atomic E-state index is 11.7. The van der Waals surface area contributed by atoms with E-state index in [4.69, 9.17) is 4.98 Å². The number of nitrogens with zero attached hydrogens (tertiary/aromatic N) is 1. The van der Waals surface area contributed by atoms with Crippen molar-refractivity contribution >= 4 is 58.8 Å². The fourth-order valence-corrected chi connectivity index (χ4v) is 8.40. The molecule has 0 saturated carbocycles. The molecule has 0 spiro atoms. The third-order valence-corrected chi connectivity index (χ3v) is 11.3. The molecule has 0 aliphatic rings. The van der Waals surface area contributed by atoms with Crippen molar-refractivity contribution in [3.05, 3.63) is 102 Å². The van der Waals surface area contributed by atoms with Crippen LogP contribution >= 0.6 is 11.3 Å². The Kier molecular flexibility index (Phi) is 13.8. The van der Waals surface area contributed by atoms with E-state index in [1.165, 1.54) is 53.5 Å². The predicted molar refractivity (Wildman–Crippen MR) is 218 cm³/mol. The van der Waals surface area contributed by atoms with Crippen molar-refractivity contribution < 1.29 is 30.0 Å². The van der Waals surface area contributed by atoms with Gasteiger partial charge in [0.15, 0.2) is 5.78 Å². The number of ketones is 1. The average molecular weight is 877 g/mol. The first-order valence-electron chi connectivity index (χ1n) is 18.5. The second-order valence-electron chi connectivity index (χ2n) is 15.1. The van der Waals surface area contributed by atoms with Crippen LogP contribution in [0.25, 0.3) is 53.0 Å². The predicted octanol–water partition coefficient (Wildman–Crippen LogP) is 13.6. The zero-order chi connectivity index (χ0) is 36.2. The summed E-state index contributed by atoms with van der Waals surface area (Å²) in [5.41, 5.74) is 4.89. The Balaban J connectivity index is 0.000000312. The van der Waals surface area contributed by atoms with Crippen molar-refractivity contribution in [2.75, 3.05) is 0 Å². The Labute approximate surface area is 322 Å². The Morgan fingerprint density at radius 2 is 1.47 bits per heavy atom. The quantitative estimate of drug-likeness (QED) is 0.0847. The SMILES string of the molecule is CC(C)Cc1ccc2ccc3c4ccnc(-c5[c-]c6ccccc6c(C(C)(C)C)c5)c4sc3c2c1.CCC(CC)C(=O)/C=C(\O)C(CC)CC.[Ir]. The third-order valence-electron chi connectivity index (χ3n) is 10.00. The summed E-state index contributed by atoms with van der Waals surface area (Å²) < 4.78 is 2.60. The minimum Gasteiger partial charge on any atom is -0.512 e. The molecule has 3 nitrogen and oxygen atoms in total. The maximum Gasteiger partial charge on any atom is 0.162 e. The van der Waals surface area contributed by atoms with Gasteiger partial charge in [0.25, 0.3) is 0 Å². The van der Waals surface area contributed by atoms with E-state index in [0.717, 1.165) is 48.7 Å². The van der Waals surface area contributed by atoms with E-state index < -0.39 is 0 Å². The van der Waals surface area contributed by atoms with Crippen LogP contribution in [-0.2, 0) is 36.7 Å². The molecule has 2 aromatic heterocycles. The van der Waals surface area contributed by atoms with Gasteiger partial charge >= 0.3 is 0 Å². The first-order valence-corrected chi connectivity index (χ1v) is 19.3. The van der Waals surface area contributed by atoms with E-state index in [-0.39, 0.29) is 48.9 Å². The van der Waals surface area contributed by atoms with Crippen molar-refractivity contribution in [2.45, 2.75) is 99.8 Å². The van der Waals surface area contributed by atoms with Crippen LogP contribution in [0, 0.1) is 23.8 Å². The summed E-state index contributed by atoms with van der Waals surface area (Å²) in [6.45, 7) is 19.5. The summed E-state index contributed by atoms with van der Waals surface area (Å²) >= 11 is 1.88. The summed E-state index contributed by atoms with van der Waals surface area (Å²) in [4.78, 5) is 16.6. The molecule has 0 aliphatic heterocycles. The minimum atomic E-state index is 0. The number of pyridine rings is 1. The number of allylic oxidation sites excluding steroid dienone is 2. The first kappa shape index (κ1) is 40.4. The number of benzene rings is 4. The number of rotatable bonds is 10. The number of thiophene rings is 1. The number of aliphatic hydroxyl groups is 1. The van der Waals surface area contributed by atoms with Crippen LogP contribution in [0.5, 0.6) is 0 Å². The van der Waals surface area contributed by atoms with Crippen LogP contribution in [0.3, 0.4) is 0 Å². The summed E-state index contributed by atoms with van der Waals surface area (Å²) in [6, 6.07) is 28.3. The summed E-state index contributed by atoms with van der Waals surface area (Å²) in [5.74, 6) is 1.19. The van der Waals surface area contributed by atoms with Crippen molar-refractivity contribution in [1.82, 2.24) is 4.98 Å². The molecule has 0 fully saturated rings. The molecule has 1 radical (unpaired) electrons. The van der Waals surface area contributed by atoms with Crippen molar-refractivity contribution in [3.63, 3.8) is 0 Å². The van der Waals surface area contributed by atoms with Crippen LogP contribution in [0.1, 0.15) is 99.1 Å². The standard InChI is InChI=1S/C33H30NS.C13H24O2.Ir/c1-20(2)16-21-10-11-22-12-13-26-27-14-15-34-30(32(27)35-31(26)28(22)17-21)24-18-23-8-6-7-9-25(23)29(19-24)33(3,4)5;1-5-10(6-2)12(14)9-13(15)11(7-3)8-4;/h6-15,17,19-20H,16H2,1-5H3;9-11,14H,5-8H2,1-4H3;/q-1;;/b;12-9-;. The molecule has 2 heterocycles. The molecule has 6 rings (SSSR count). The van der Waals surface area contributed by atoms with E-state index >= 15 is 0 Å². The molecule has 51 heavy (non-hydrogen) atoms. The average Bonchev–Trinajstić information content (AvgIpc) is 3.48. The molecule has 0 bridgehead atoms. The van der Waals surface area contributed by atoms with E-state index in [1.54, 1.807) is 0 Å². The number of carbonyl (C=O) groups is 1. The van der Waals surface area contributed by atoms with Crippen molar-refractivity contribution in [1.29, 1.82) is 0 Å².